The summed E-state index contributed by atoms with van der Waals surface area (Å²) in [6.07, 6.45) is 2.00. The zero-order chi connectivity index (χ0) is 26.0. The third-order valence-corrected chi connectivity index (χ3v) is 5.67. The minimum absolute atomic E-state index is 0.0370. The van der Waals surface area contributed by atoms with Crippen LogP contribution in [0.1, 0.15) is 40.5 Å². The van der Waals surface area contributed by atoms with Gasteiger partial charge in [0.15, 0.2) is 6.04 Å². The van der Waals surface area contributed by atoms with Crippen LogP contribution in [0.25, 0.3) is 22.3 Å². The normalized spacial score (nSPS) is 18.1. The minimum atomic E-state index is -4.94. The summed E-state index contributed by atoms with van der Waals surface area (Å²) in [5.74, 6) is 1.80. The van der Waals surface area contributed by atoms with Gasteiger partial charge in [-0.3, -0.25) is 0 Å². The highest BCUT2D eigenvalue weighted by atomic mass is 35.7. The molecule has 0 saturated carbocycles. The molecule has 1 fully saturated rings. The minimum Gasteiger partial charge on any atom is -0.508 e. The van der Waals surface area contributed by atoms with Gasteiger partial charge in [0.05, 0.1) is 18.6 Å². The summed E-state index contributed by atoms with van der Waals surface area (Å²) in [7, 11) is -3.29. The lowest BCUT2D eigenvalue weighted by Crippen LogP contribution is -2.86. The van der Waals surface area contributed by atoms with Crippen molar-refractivity contribution in [3.63, 3.8) is 0 Å². The smallest absolute Gasteiger partial charge is 0.213 e. The first-order valence-electron chi connectivity index (χ1n) is 11.1. The first-order chi connectivity index (χ1) is 16.1. The quantitative estimate of drug-likeness (QED) is 0.380. The van der Waals surface area contributed by atoms with Crippen LogP contribution >= 0.6 is 0 Å². The molecule has 3 aromatic rings. The fourth-order valence-corrected chi connectivity index (χ4v) is 4.84. The van der Waals surface area contributed by atoms with Crippen LogP contribution in [-0.2, 0) is 0 Å². The number of rotatable bonds is 3. The first-order valence-corrected chi connectivity index (χ1v) is 12.3. The lowest BCUT2D eigenvalue weighted by atomic mass is 9.80. The summed E-state index contributed by atoms with van der Waals surface area (Å²) in [6, 6.07) is 15.4. The molecule has 1 aliphatic heterocycles. The van der Waals surface area contributed by atoms with E-state index in [0.717, 1.165) is 46.2 Å². The number of phenols is 1. The van der Waals surface area contributed by atoms with Gasteiger partial charge in [0.25, 0.3) is 0 Å². The molecular weight excluding hydrogens is 476 g/mol. The van der Waals surface area contributed by atoms with Crippen molar-refractivity contribution in [3.05, 3.63) is 53.9 Å². The van der Waals surface area contributed by atoms with E-state index in [-0.39, 0.29) is 16.8 Å². The van der Waals surface area contributed by atoms with Crippen LogP contribution in [0.5, 0.6) is 11.5 Å². The maximum atomic E-state index is 10.1. The van der Waals surface area contributed by atoms with Gasteiger partial charge in [-0.25, -0.2) is 23.6 Å². The Morgan fingerprint density at radius 1 is 0.971 bits per heavy atom. The van der Waals surface area contributed by atoms with Crippen LogP contribution in [0.3, 0.4) is 0 Å². The number of fused-ring (bicyclic) bond motifs is 1. The number of piperidine rings is 1. The first kappa shape index (κ1) is 26.9. The Kier molecular flexibility index (Phi) is 7.80. The molecule has 2 heterocycles. The van der Waals surface area contributed by atoms with Crippen LogP contribution in [0.15, 0.2) is 52.9 Å². The van der Waals surface area contributed by atoms with Crippen molar-refractivity contribution in [1.82, 2.24) is 5.32 Å². The maximum absolute atomic E-state index is 10.1. The maximum Gasteiger partial charge on any atom is 0.213 e. The van der Waals surface area contributed by atoms with Gasteiger partial charge >= 0.3 is 0 Å². The zero-order valence-corrected chi connectivity index (χ0v) is 21.1. The fourth-order valence-electron chi connectivity index (χ4n) is 4.84. The lowest BCUT2D eigenvalue weighted by molar-refractivity contribution is -2.00. The summed E-state index contributed by atoms with van der Waals surface area (Å²) < 4.78 is 45.4. The summed E-state index contributed by atoms with van der Waals surface area (Å²) in [4.78, 5) is 3.76. The number of ether oxygens (including phenoxy) is 1. The van der Waals surface area contributed by atoms with E-state index in [1.807, 2.05) is 36.4 Å². The SMILES string of the molecule is COc1ccc(-c2cc(=[NH+]C3CC(C)(C)NC(C)(C)C3)c3cc(O)ccc3o2)cc1.[O-][Cl+3]([O-])([O-])[O-]. The van der Waals surface area contributed by atoms with Gasteiger partial charge in [-0.1, -0.05) is 0 Å². The van der Waals surface area contributed by atoms with Crippen LogP contribution < -0.4 is 39.0 Å². The Labute approximate surface area is 206 Å². The predicted octanol–water partition coefficient (Wildman–Crippen LogP) is -1.65. The van der Waals surface area contributed by atoms with Gasteiger partial charge < -0.3 is 19.6 Å². The molecule has 4 rings (SSSR count). The van der Waals surface area contributed by atoms with Gasteiger partial charge in [-0.2, -0.15) is 0 Å². The standard InChI is InChI=1S/C25H30N2O3.ClHO4/c1-24(2)14-17(15-25(3,4)27-24)26-21-13-23(16-6-9-19(29-5)10-7-16)30-22-11-8-18(28)12-20(21)22;2-1(3,4)5/h6-13,17,27-28H,14-15H2,1-5H3;(H,2,3,4,5). The molecule has 0 atom stereocenters. The second-order valence-electron chi connectivity index (χ2n) is 9.95. The molecule has 190 valence electrons. The number of nitrogens with one attached hydrogen (secondary N) is 2. The van der Waals surface area contributed by atoms with Crippen LogP contribution in [0.4, 0.5) is 0 Å². The molecule has 35 heavy (non-hydrogen) atoms. The Hall–Kier alpha value is -2.66. The molecule has 0 bridgehead atoms. The molecule has 9 nitrogen and oxygen atoms in total. The number of methoxy groups -OCH3 is 1. The van der Waals surface area contributed by atoms with Crippen LogP contribution in [0, 0.1) is 10.2 Å². The predicted molar refractivity (Wildman–Crippen MR) is 118 cm³/mol. The molecule has 10 heteroatoms. The summed E-state index contributed by atoms with van der Waals surface area (Å²) >= 11 is 0. The topological polar surface area (TPSA) is 161 Å². The van der Waals surface area contributed by atoms with Gasteiger partial charge in [-0.05, 0) is 70.2 Å². The van der Waals surface area contributed by atoms with E-state index in [9.17, 15) is 5.11 Å². The van der Waals surface area contributed by atoms with Gasteiger partial charge in [-0.15, -0.1) is 10.2 Å². The Bertz CT molecular complexity index is 1210. The molecule has 1 aliphatic rings. The number of phenolic OH excluding ortho intramolecular Hbond substituents is 1. The van der Waals surface area contributed by atoms with Crippen LogP contribution in [-0.4, -0.2) is 29.3 Å². The second-order valence-corrected chi connectivity index (χ2v) is 10.7. The largest absolute Gasteiger partial charge is 0.508 e. The molecule has 1 aromatic heterocycles. The van der Waals surface area contributed by atoms with Crippen molar-refractivity contribution in [3.8, 4) is 22.8 Å². The Balaban J connectivity index is 0.000000623. The molecule has 0 unspecified atom stereocenters. The highest BCUT2D eigenvalue weighted by Gasteiger charge is 2.40. The monoisotopic (exact) mass is 506 g/mol. The molecule has 0 radical (unpaired) electrons. The Morgan fingerprint density at radius 3 is 2.09 bits per heavy atom. The van der Waals surface area contributed by atoms with Gasteiger partial charge in [0.2, 0.25) is 5.36 Å². The zero-order valence-electron chi connectivity index (χ0n) is 20.4. The molecule has 2 aromatic carbocycles. The number of hydrogen-bond acceptors (Lipinski definition) is 8. The van der Waals surface area contributed by atoms with E-state index >= 15 is 0 Å². The molecule has 0 spiro atoms. The average molecular weight is 507 g/mol. The number of aromatic hydroxyl groups is 1. The molecule has 0 aliphatic carbocycles. The van der Waals surface area contributed by atoms with Crippen molar-refractivity contribution in [2.45, 2.75) is 57.7 Å². The fraction of sp³-hybridized carbons (Fsp3) is 0.400. The Morgan fingerprint density at radius 2 is 1.54 bits per heavy atom. The van der Waals surface area contributed by atoms with Crippen molar-refractivity contribution in [2.75, 3.05) is 7.11 Å². The number of halogens is 1. The number of benzene rings is 2. The highest BCUT2D eigenvalue weighted by Crippen LogP contribution is 2.27. The van der Waals surface area contributed by atoms with E-state index in [1.165, 1.54) is 0 Å². The third kappa shape index (κ3) is 7.93. The van der Waals surface area contributed by atoms with Gasteiger partial charge in [0.1, 0.15) is 22.8 Å². The molecule has 1 saturated heterocycles. The third-order valence-electron chi connectivity index (χ3n) is 5.67. The van der Waals surface area contributed by atoms with Crippen molar-refractivity contribution >= 4 is 11.0 Å². The van der Waals surface area contributed by atoms with E-state index in [4.69, 9.17) is 27.8 Å². The molecule has 0 amide bonds. The average Bonchev–Trinajstić information content (AvgIpc) is 2.70. The summed E-state index contributed by atoms with van der Waals surface area (Å²) in [6.45, 7) is 8.98. The number of hydrogen-bond donors (Lipinski definition) is 3. The summed E-state index contributed by atoms with van der Waals surface area (Å²) in [5, 5.41) is 15.7. The van der Waals surface area contributed by atoms with E-state index in [2.05, 4.69) is 38.0 Å². The lowest BCUT2D eigenvalue weighted by Gasteiger charge is -2.43. The molecular formula is C25H31ClN2O7. The van der Waals surface area contributed by atoms with E-state index in [0.29, 0.717) is 6.04 Å². The van der Waals surface area contributed by atoms with Crippen LogP contribution in [0.2, 0.25) is 0 Å². The van der Waals surface area contributed by atoms with E-state index < -0.39 is 10.2 Å². The van der Waals surface area contributed by atoms with E-state index in [1.54, 1.807) is 19.2 Å². The highest BCUT2D eigenvalue weighted by molar-refractivity contribution is 5.79. The molecule has 3 N–H and O–H groups in total. The van der Waals surface area contributed by atoms with Crippen molar-refractivity contribution in [1.29, 1.82) is 0 Å². The van der Waals surface area contributed by atoms with Crippen molar-refractivity contribution in [2.24, 2.45) is 0 Å². The second kappa shape index (κ2) is 10.1. The summed E-state index contributed by atoms with van der Waals surface area (Å²) in [5.41, 5.74) is 1.78. The van der Waals surface area contributed by atoms with Crippen molar-refractivity contribution < 1.29 is 48.1 Å². The van der Waals surface area contributed by atoms with Gasteiger partial charge in [0, 0.05) is 29.5 Å².